The van der Waals surface area contributed by atoms with Gasteiger partial charge in [0, 0.05) is 19.1 Å². The molecule has 0 saturated carbocycles. The number of rotatable bonds is 8. The molecule has 4 rings (SSSR count). The van der Waals surface area contributed by atoms with Crippen molar-refractivity contribution in [2.45, 2.75) is 31.8 Å². The second kappa shape index (κ2) is 10.4. The fraction of sp³-hybridized carbons (Fsp3) is 0.458. The summed E-state index contributed by atoms with van der Waals surface area (Å²) >= 11 is 0. The van der Waals surface area contributed by atoms with Crippen LogP contribution in [0.15, 0.2) is 42.5 Å². The number of nitrogens with zero attached hydrogens (tertiary/aromatic N) is 1. The van der Waals surface area contributed by atoms with E-state index in [-0.39, 0.29) is 12.1 Å². The predicted octanol–water partition coefficient (Wildman–Crippen LogP) is 2.97. The number of ether oxygens (including phenoxy) is 3. The lowest BCUT2D eigenvalue weighted by atomic mass is 10.0. The molecular formula is C24H31N3O4. The van der Waals surface area contributed by atoms with Crippen molar-refractivity contribution in [3.63, 3.8) is 0 Å². The molecule has 2 aromatic carbocycles. The quantitative estimate of drug-likeness (QED) is 0.680. The van der Waals surface area contributed by atoms with Crippen LogP contribution in [0.25, 0.3) is 0 Å². The highest BCUT2D eigenvalue weighted by Gasteiger charge is 2.21. The minimum absolute atomic E-state index is 0.0107. The minimum Gasteiger partial charge on any atom is -0.497 e. The van der Waals surface area contributed by atoms with E-state index in [1.54, 1.807) is 7.11 Å². The van der Waals surface area contributed by atoms with E-state index in [4.69, 9.17) is 14.2 Å². The van der Waals surface area contributed by atoms with E-state index in [2.05, 4.69) is 21.6 Å². The molecule has 0 aliphatic carbocycles. The van der Waals surface area contributed by atoms with E-state index in [0.717, 1.165) is 54.4 Å². The second-order valence-corrected chi connectivity index (χ2v) is 8.06. The minimum atomic E-state index is -0.155. The zero-order valence-corrected chi connectivity index (χ0v) is 18.1. The number of amides is 2. The maximum absolute atomic E-state index is 12.6. The Labute approximate surface area is 183 Å². The summed E-state index contributed by atoms with van der Waals surface area (Å²) in [6.07, 6.45) is 3.18. The first-order valence-corrected chi connectivity index (χ1v) is 11.0. The van der Waals surface area contributed by atoms with E-state index in [1.807, 2.05) is 36.4 Å². The first-order valence-electron chi connectivity index (χ1n) is 11.0. The summed E-state index contributed by atoms with van der Waals surface area (Å²) in [5, 5.41) is 6.15. The van der Waals surface area contributed by atoms with Crippen LogP contribution in [0.4, 0.5) is 4.79 Å². The van der Waals surface area contributed by atoms with E-state index in [1.165, 1.54) is 12.8 Å². The average Bonchev–Trinajstić information content (AvgIpc) is 3.31. The molecule has 2 aliphatic heterocycles. The Morgan fingerprint density at radius 2 is 1.74 bits per heavy atom. The number of fused-ring (bicyclic) bond motifs is 1. The third-order valence-electron chi connectivity index (χ3n) is 5.71. The van der Waals surface area contributed by atoms with Crippen LogP contribution in [-0.2, 0) is 13.0 Å². The normalized spacial score (nSPS) is 16.5. The first kappa shape index (κ1) is 21.3. The smallest absolute Gasteiger partial charge is 0.315 e. The third kappa shape index (κ3) is 6.04. The number of likely N-dealkylation sites (tertiary alicyclic amines) is 1. The fourth-order valence-electron chi connectivity index (χ4n) is 4.10. The van der Waals surface area contributed by atoms with Gasteiger partial charge in [-0.3, -0.25) is 0 Å². The van der Waals surface area contributed by atoms with Crippen LogP contribution in [0, 0.1) is 0 Å². The summed E-state index contributed by atoms with van der Waals surface area (Å²) in [7, 11) is 1.64. The number of hydrogen-bond acceptors (Lipinski definition) is 5. The molecular weight excluding hydrogens is 394 g/mol. The molecule has 7 nitrogen and oxygen atoms in total. The van der Waals surface area contributed by atoms with Gasteiger partial charge in [-0.2, -0.15) is 0 Å². The fourth-order valence-corrected chi connectivity index (χ4v) is 4.10. The number of hydrogen-bond donors (Lipinski definition) is 2. The Hall–Kier alpha value is -2.93. The van der Waals surface area contributed by atoms with Crippen molar-refractivity contribution in [3.05, 3.63) is 53.6 Å². The monoisotopic (exact) mass is 425 g/mol. The van der Waals surface area contributed by atoms with Crippen molar-refractivity contribution in [2.75, 3.05) is 40.0 Å². The number of nitrogens with one attached hydrogen (secondary N) is 2. The number of carbonyl (C=O) groups excluding carboxylic acids is 1. The molecule has 2 amide bonds. The maximum Gasteiger partial charge on any atom is 0.315 e. The van der Waals surface area contributed by atoms with Crippen LogP contribution < -0.4 is 24.8 Å². The van der Waals surface area contributed by atoms with Crippen LogP contribution in [0.5, 0.6) is 17.2 Å². The van der Waals surface area contributed by atoms with Gasteiger partial charge in [0.05, 0.1) is 7.11 Å². The summed E-state index contributed by atoms with van der Waals surface area (Å²) in [6.45, 7) is 4.64. The molecule has 1 fully saturated rings. The highest BCUT2D eigenvalue weighted by atomic mass is 16.6. The Morgan fingerprint density at radius 1 is 1.03 bits per heavy atom. The van der Waals surface area contributed by atoms with Gasteiger partial charge in [0.2, 0.25) is 0 Å². The molecule has 2 heterocycles. The number of methoxy groups -OCH3 is 1. The Kier molecular flexibility index (Phi) is 7.14. The summed E-state index contributed by atoms with van der Waals surface area (Å²) in [6, 6.07) is 13.6. The predicted molar refractivity (Wildman–Crippen MR) is 119 cm³/mol. The summed E-state index contributed by atoms with van der Waals surface area (Å²) < 4.78 is 16.5. The molecule has 0 radical (unpaired) electrons. The van der Waals surface area contributed by atoms with Crippen molar-refractivity contribution in [1.82, 2.24) is 15.5 Å². The SMILES string of the molecule is COc1ccc(CNC(=O)N[C@@H](Cc2ccc3c(c2)OCCO3)CN2CCCC2)cc1. The van der Waals surface area contributed by atoms with Gasteiger partial charge in [0.15, 0.2) is 11.5 Å². The van der Waals surface area contributed by atoms with Crippen LogP contribution in [-0.4, -0.2) is 56.9 Å². The molecule has 0 unspecified atom stereocenters. The summed E-state index contributed by atoms with van der Waals surface area (Å²) in [5.74, 6) is 2.38. The van der Waals surface area contributed by atoms with Gasteiger partial charge >= 0.3 is 6.03 Å². The van der Waals surface area contributed by atoms with Gasteiger partial charge in [-0.25, -0.2) is 4.79 Å². The zero-order valence-electron chi connectivity index (χ0n) is 18.1. The Morgan fingerprint density at radius 3 is 2.48 bits per heavy atom. The number of benzene rings is 2. The van der Waals surface area contributed by atoms with Crippen LogP contribution in [0.1, 0.15) is 24.0 Å². The van der Waals surface area contributed by atoms with Crippen molar-refractivity contribution < 1.29 is 19.0 Å². The lowest BCUT2D eigenvalue weighted by Gasteiger charge is -2.25. The Bertz CT molecular complexity index is 866. The molecule has 0 spiro atoms. The van der Waals surface area contributed by atoms with Gasteiger partial charge in [0.1, 0.15) is 19.0 Å². The lowest BCUT2D eigenvalue weighted by Crippen LogP contribution is -2.48. The topological polar surface area (TPSA) is 72.1 Å². The van der Waals surface area contributed by atoms with Crippen LogP contribution in [0.2, 0.25) is 0 Å². The lowest BCUT2D eigenvalue weighted by molar-refractivity contribution is 0.171. The molecule has 166 valence electrons. The second-order valence-electron chi connectivity index (χ2n) is 8.06. The van der Waals surface area contributed by atoms with Crippen molar-refractivity contribution in [3.8, 4) is 17.2 Å². The molecule has 2 N–H and O–H groups in total. The molecule has 2 aromatic rings. The summed E-state index contributed by atoms with van der Waals surface area (Å²) in [5.41, 5.74) is 2.16. The molecule has 0 bridgehead atoms. The molecule has 1 saturated heterocycles. The van der Waals surface area contributed by atoms with Gasteiger partial charge in [-0.1, -0.05) is 18.2 Å². The highest BCUT2D eigenvalue weighted by molar-refractivity contribution is 5.74. The molecule has 31 heavy (non-hydrogen) atoms. The molecule has 0 aromatic heterocycles. The standard InChI is InChI=1S/C24H31N3O4/c1-29-21-7-4-18(5-8-21)16-25-24(28)26-20(17-27-10-2-3-11-27)14-19-6-9-22-23(15-19)31-13-12-30-22/h4-9,15,20H,2-3,10-14,16-17H2,1H3,(H2,25,26,28)/t20-/m0/s1. The highest BCUT2D eigenvalue weighted by Crippen LogP contribution is 2.31. The summed E-state index contributed by atoms with van der Waals surface area (Å²) in [4.78, 5) is 15.1. The third-order valence-corrected chi connectivity index (χ3v) is 5.71. The zero-order chi connectivity index (χ0) is 21.5. The largest absolute Gasteiger partial charge is 0.497 e. The number of carbonyl (C=O) groups is 1. The van der Waals surface area contributed by atoms with Crippen molar-refractivity contribution in [1.29, 1.82) is 0 Å². The van der Waals surface area contributed by atoms with Gasteiger partial charge in [-0.05, 0) is 67.7 Å². The van der Waals surface area contributed by atoms with Crippen molar-refractivity contribution >= 4 is 6.03 Å². The first-order chi connectivity index (χ1) is 15.2. The van der Waals surface area contributed by atoms with Gasteiger partial charge in [-0.15, -0.1) is 0 Å². The van der Waals surface area contributed by atoms with E-state index >= 15 is 0 Å². The van der Waals surface area contributed by atoms with Crippen LogP contribution in [0.3, 0.4) is 0 Å². The van der Waals surface area contributed by atoms with Gasteiger partial charge in [0.25, 0.3) is 0 Å². The van der Waals surface area contributed by atoms with Crippen molar-refractivity contribution in [2.24, 2.45) is 0 Å². The van der Waals surface area contributed by atoms with E-state index < -0.39 is 0 Å². The van der Waals surface area contributed by atoms with E-state index in [9.17, 15) is 4.79 Å². The van der Waals surface area contributed by atoms with Gasteiger partial charge < -0.3 is 29.7 Å². The maximum atomic E-state index is 12.6. The van der Waals surface area contributed by atoms with E-state index in [0.29, 0.717) is 19.8 Å². The average molecular weight is 426 g/mol. The molecule has 2 aliphatic rings. The molecule has 1 atom stereocenters. The number of urea groups is 1. The Balaban J connectivity index is 1.36. The molecule has 7 heteroatoms. The van der Waals surface area contributed by atoms with Crippen LogP contribution >= 0.6 is 0 Å².